The Morgan fingerprint density at radius 2 is 1.53 bits per heavy atom. The number of carbonyl (C=O) groups is 2. The quantitative estimate of drug-likeness (QED) is 0.720. The van der Waals surface area contributed by atoms with Gasteiger partial charge in [0.05, 0.1) is 12.6 Å². The number of likely N-dealkylation sites (tertiary alicyclic amines) is 1. The zero-order valence-electron chi connectivity index (χ0n) is 18.4. The van der Waals surface area contributed by atoms with E-state index in [2.05, 4.69) is 31.9 Å². The van der Waals surface area contributed by atoms with Gasteiger partial charge in [-0.15, -0.1) is 0 Å². The lowest BCUT2D eigenvalue weighted by molar-refractivity contribution is -0.140. The summed E-state index contributed by atoms with van der Waals surface area (Å²) in [5, 5.41) is 0. The maximum absolute atomic E-state index is 13.3. The van der Waals surface area contributed by atoms with E-state index in [1.165, 1.54) is 11.1 Å². The van der Waals surface area contributed by atoms with Crippen LogP contribution >= 0.6 is 0 Å². The van der Waals surface area contributed by atoms with Crippen molar-refractivity contribution in [3.05, 3.63) is 53.9 Å². The number of benzene rings is 1. The van der Waals surface area contributed by atoms with Gasteiger partial charge in [0.1, 0.15) is 0 Å². The van der Waals surface area contributed by atoms with E-state index in [9.17, 15) is 9.59 Å². The van der Waals surface area contributed by atoms with E-state index in [1.807, 2.05) is 21.9 Å². The maximum atomic E-state index is 13.3. The van der Waals surface area contributed by atoms with Crippen LogP contribution < -0.4 is 4.90 Å². The van der Waals surface area contributed by atoms with Crippen molar-refractivity contribution in [2.75, 3.05) is 50.7 Å². The summed E-state index contributed by atoms with van der Waals surface area (Å²) in [4.78, 5) is 43.3. The molecule has 5 rings (SSSR count). The van der Waals surface area contributed by atoms with Gasteiger partial charge in [0, 0.05) is 58.2 Å². The lowest BCUT2D eigenvalue weighted by atomic mass is 9.93. The number of carbonyl (C=O) groups excluding carboxylic acids is 2. The monoisotopic (exact) mass is 434 g/mol. The molecular weight excluding hydrogens is 404 g/mol. The van der Waals surface area contributed by atoms with Gasteiger partial charge in [0.2, 0.25) is 17.8 Å². The molecule has 0 N–H and O–H groups in total. The fourth-order valence-electron chi connectivity index (χ4n) is 5.02. The van der Waals surface area contributed by atoms with Gasteiger partial charge < -0.3 is 14.7 Å². The second-order valence-corrected chi connectivity index (χ2v) is 8.84. The van der Waals surface area contributed by atoms with E-state index in [-0.39, 0.29) is 24.4 Å². The second-order valence-electron chi connectivity index (χ2n) is 8.84. The van der Waals surface area contributed by atoms with Gasteiger partial charge in [-0.1, -0.05) is 24.3 Å². The Bertz CT molecular complexity index is 954. The van der Waals surface area contributed by atoms with Crippen LogP contribution in [0.25, 0.3) is 0 Å². The highest BCUT2D eigenvalue weighted by molar-refractivity contribution is 5.84. The molecule has 0 radical (unpaired) electrons. The highest BCUT2D eigenvalue weighted by atomic mass is 16.2. The molecule has 8 heteroatoms. The van der Waals surface area contributed by atoms with Crippen LogP contribution in [0.5, 0.6) is 0 Å². The van der Waals surface area contributed by atoms with E-state index >= 15 is 0 Å². The third-order valence-corrected chi connectivity index (χ3v) is 6.85. The van der Waals surface area contributed by atoms with Crippen LogP contribution in [0.2, 0.25) is 0 Å². The molecule has 0 aliphatic carbocycles. The lowest BCUT2D eigenvalue weighted by Gasteiger charge is -2.39. The van der Waals surface area contributed by atoms with E-state index < -0.39 is 0 Å². The van der Waals surface area contributed by atoms with Gasteiger partial charge >= 0.3 is 0 Å². The number of aromatic nitrogens is 2. The van der Waals surface area contributed by atoms with Crippen molar-refractivity contribution in [3.8, 4) is 0 Å². The highest BCUT2D eigenvalue weighted by Crippen LogP contribution is 2.26. The molecule has 168 valence electrons. The highest BCUT2D eigenvalue weighted by Gasteiger charge is 2.36. The summed E-state index contributed by atoms with van der Waals surface area (Å²) >= 11 is 0. The van der Waals surface area contributed by atoms with Crippen molar-refractivity contribution in [2.45, 2.75) is 31.8 Å². The Balaban J connectivity index is 1.26. The van der Waals surface area contributed by atoms with Crippen LogP contribution in [0, 0.1) is 0 Å². The number of anilines is 1. The molecule has 0 unspecified atom stereocenters. The molecule has 1 atom stereocenters. The van der Waals surface area contributed by atoms with Crippen molar-refractivity contribution < 1.29 is 9.59 Å². The fourth-order valence-corrected chi connectivity index (χ4v) is 5.02. The first-order chi connectivity index (χ1) is 15.7. The first-order valence-corrected chi connectivity index (χ1v) is 11.6. The van der Waals surface area contributed by atoms with Gasteiger partial charge in [0.15, 0.2) is 0 Å². The SMILES string of the molecule is O=C(CN1Cc2ccccc2C[C@@H]1C(=O)N1CCCC1)N1CCN(c2ncccn2)CC1. The molecule has 2 aromatic rings. The maximum Gasteiger partial charge on any atom is 0.240 e. The fraction of sp³-hybridized carbons (Fsp3) is 0.500. The van der Waals surface area contributed by atoms with Crippen LogP contribution in [0.4, 0.5) is 5.95 Å². The minimum Gasteiger partial charge on any atom is -0.341 e. The Morgan fingerprint density at radius 3 is 2.25 bits per heavy atom. The van der Waals surface area contributed by atoms with Crippen LogP contribution in [-0.2, 0) is 22.6 Å². The van der Waals surface area contributed by atoms with Crippen LogP contribution in [0.1, 0.15) is 24.0 Å². The molecule has 0 saturated carbocycles. The Hall–Kier alpha value is -3.00. The topological polar surface area (TPSA) is 72.9 Å². The number of piperazine rings is 1. The Labute approximate surface area is 188 Å². The van der Waals surface area contributed by atoms with Crippen molar-refractivity contribution >= 4 is 17.8 Å². The summed E-state index contributed by atoms with van der Waals surface area (Å²) in [7, 11) is 0. The first-order valence-electron chi connectivity index (χ1n) is 11.6. The minimum atomic E-state index is -0.258. The molecule has 3 aliphatic heterocycles. The molecule has 2 amide bonds. The largest absolute Gasteiger partial charge is 0.341 e. The molecule has 8 nitrogen and oxygen atoms in total. The number of fused-ring (bicyclic) bond motifs is 1. The van der Waals surface area contributed by atoms with E-state index in [4.69, 9.17) is 0 Å². The average Bonchev–Trinajstić information content (AvgIpc) is 3.39. The Kier molecular flexibility index (Phi) is 6.03. The zero-order valence-corrected chi connectivity index (χ0v) is 18.4. The van der Waals surface area contributed by atoms with Crippen molar-refractivity contribution in [1.29, 1.82) is 0 Å². The van der Waals surface area contributed by atoms with E-state index in [0.29, 0.717) is 45.1 Å². The van der Waals surface area contributed by atoms with Gasteiger partial charge in [-0.25, -0.2) is 9.97 Å². The molecule has 2 fully saturated rings. The standard InChI is InChI=1S/C24H30N6O2/c31-22(27-12-14-29(15-13-27)24-25-8-5-9-26-24)18-30-17-20-7-2-1-6-19(20)16-21(30)23(32)28-10-3-4-11-28/h1-2,5-9,21H,3-4,10-18H2/t21-/m1/s1. The lowest BCUT2D eigenvalue weighted by Crippen LogP contribution is -2.56. The summed E-state index contributed by atoms with van der Waals surface area (Å²) in [5.41, 5.74) is 2.45. The normalized spacial score (nSPS) is 21.5. The molecule has 1 aromatic heterocycles. The third kappa shape index (κ3) is 4.32. The second kappa shape index (κ2) is 9.24. The van der Waals surface area contributed by atoms with Gasteiger partial charge in [-0.2, -0.15) is 0 Å². The van der Waals surface area contributed by atoms with E-state index in [0.717, 1.165) is 25.9 Å². The zero-order chi connectivity index (χ0) is 21.9. The first kappa shape index (κ1) is 20.9. The smallest absolute Gasteiger partial charge is 0.240 e. The predicted molar refractivity (Wildman–Crippen MR) is 121 cm³/mol. The molecule has 32 heavy (non-hydrogen) atoms. The van der Waals surface area contributed by atoms with Crippen molar-refractivity contribution in [2.24, 2.45) is 0 Å². The number of nitrogens with zero attached hydrogens (tertiary/aromatic N) is 6. The molecule has 4 heterocycles. The van der Waals surface area contributed by atoms with E-state index in [1.54, 1.807) is 18.5 Å². The summed E-state index contributed by atoms with van der Waals surface area (Å²) in [6.07, 6.45) is 6.31. The number of rotatable bonds is 4. The number of hydrogen-bond acceptors (Lipinski definition) is 6. The van der Waals surface area contributed by atoms with Gasteiger partial charge in [-0.3, -0.25) is 14.5 Å². The minimum absolute atomic E-state index is 0.0947. The summed E-state index contributed by atoms with van der Waals surface area (Å²) in [6, 6.07) is 9.84. The predicted octanol–water partition coefficient (Wildman–Crippen LogP) is 1.17. The molecule has 2 saturated heterocycles. The number of hydrogen-bond donors (Lipinski definition) is 0. The summed E-state index contributed by atoms with van der Waals surface area (Å²) in [6.45, 7) is 5.32. The van der Waals surface area contributed by atoms with Gasteiger partial charge in [0.25, 0.3) is 0 Å². The summed E-state index contributed by atoms with van der Waals surface area (Å²) < 4.78 is 0. The van der Waals surface area contributed by atoms with Gasteiger partial charge in [-0.05, 0) is 36.5 Å². The number of amides is 2. The molecule has 3 aliphatic rings. The molecule has 0 bridgehead atoms. The van der Waals surface area contributed by atoms with Crippen molar-refractivity contribution in [1.82, 2.24) is 24.7 Å². The molecular formula is C24H30N6O2. The third-order valence-electron chi connectivity index (χ3n) is 6.85. The molecule has 1 aromatic carbocycles. The summed E-state index contributed by atoms with van der Waals surface area (Å²) in [5.74, 6) is 0.983. The average molecular weight is 435 g/mol. The van der Waals surface area contributed by atoms with Crippen molar-refractivity contribution in [3.63, 3.8) is 0 Å². The Morgan fingerprint density at radius 1 is 0.844 bits per heavy atom. The molecule has 0 spiro atoms. The van der Waals surface area contributed by atoms with Crippen LogP contribution in [0.15, 0.2) is 42.7 Å². The van der Waals surface area contributed by atoms with Crippen LogP contribution in [0.3, 0.4) is 0 Å². The van der Waals surface area contributed by atoms with Crippen LogP contribution in [-0.4, -0.2) is 88.3 Å².